The van der Waals surface area contributed by atoms with Crippen LogP contribution in [0.3, 0.4) is 0 Å². The smallest absolute Gasteiger partial charge is 0.339 e. The van der Waals surface area contributed by atoms with Crippen molar-refractivity contribution in [3.8, 4) is 11.5 Å². The van der Waals surface area contributed by atoms with Gasteiger partial charge in [0.05, 0.1) is 26.9 Å². The predicted octanol–water partition coefficient (Wildman–Crippen LogP) is -0.966. The molecule has 1 aromatic carbocycles. The Labute approximate surface area is 201 Å². The number of aliphatic hydroxyl groups excluding tert-OH is 2. The Kier molecular flexibility index (Phi) is 11.1. The molecule has 1 saturated heterocycles. The lowest BCUT2D eigenvalue weighted by molar-refractivity contribution is -0.279. The van der Waals surface area contributed by atoms with Crippen LogP contribution in [0.1, 0.15) is 19.4 Å². The van der Waals surface area contributed by atoms with Gasteiger partial charge < -0.3 is 49.1 Å². The summed E-state index contributed by atoms with van der Waals surface area (Å²) < 4.78 is 37.1. The maximum atomic E-state index is 12.4. The molecule has 0 radical (unpaired) electrons. The summed E-state index contributed by atoms with van der Waals surface area (Å²) in [6.07, 6.45) is -7.87. The van der Waals surface area contributed by atoms with Gasteiger partial charge in [-0.25, -0.2) is 4.79 Å². The van der Waals surface area contributed by atoms with Crippen molar-refractivity contribution in [3.05, 3.63) is 23.8 Å². The zero-order valence-corrected chi connectivity index (χ0v) is 19.7. The van der Waals surface area contributed by atoms with Crippen molar-refractivity contribution in [2.75, 3.05) is 33.5 Å². The highest BCUT2D eigenvalue weighted by Gasteiger charge is 2.53. The van der Waals surface area contributed by atoms with Crippen molar-refractivity contribution in [3.63, 3.8) is 0 Å². The number of aliphatic hydroxyl groups is 2. The molecule has 1 aliphatic rings. The minimum absolute atomic E-state index is 0.0630. The monoisotopic (exact) mass is 501 g/mol. The number of ether oxygens (including phenoxy) is 7. The molecule has 4 N–H and O–H groups in total. The van der Waals surface area contributed by atoms with E-state index < -0.39 is 55.2 Å². The van der Waals surface area contributed by atoms with E-state index >= 15 is 0 Å². The maximum Gasteiger partial charge on any atom is 0.339 e. The van der Waals surface area contributed by atoms with Crippen molar-refractivity contribution in [2.45, 2.75) is 51.2 Å². The highest BCUT2D eigenvalue weighted by atomic mass is 16.7. The Balaban J connectivity index is 2.29. The van der Waals surface area contributed by atoms with Crippen LogP contribution in [-0.2, 0) is 44.7 Å². The molecular weight excluding hydrogens is 470 g/mol. The van der Waals surface area contributed by atoms with Crippen LogP contribution in [-0.4, -0.2) is 92.3 Å². The van der Waals surface area contributed by atoms with E-state index in [1.807, 2.05) is 0 Å². The van der Waals surface area contributed by atoms with Crippen LogP contribution in [0.2, 0.25) is 0 Å². The molecule has 13 nitrogen and oxygen atoms in total. The molecule has 0 aromatic heterocycles. The van der Waals surface area contributed by atoms with Gasteiger partial charge in [-0.3, -0.25) is 9.59 Å². The molecule has 1 unspecified atom stereocenters. The van der Waals surface area contributed by atoms with Crippen LogP contribution in [0.25, 0.3) is 0 Å². The van der Waals surface area contributed by atoms with Gasteiger partial charge in [0.25, 0.3) is 0 Å². The number of esters is 3. The Morgan fingerprint density at radius 3 is 2.34 bits per heavy atom. The van der Waals surface area contributed by atoms with E-state index in [4.69, 9.17) is 38.9 Å². The van der Waals surface area contributed by atoms with Gasteiger partial charge >= 0.3 is 17.9 Å². The molecule has 0 amide bonds. The molecule has 1 heterocycles. The summed E-state index contributed by atoms with van der Waals surface area (Å²) in [5.74, 6) is -2.14. The SMILES string of the molecule is COC(=O)C1O[C@@H](Oc2cc(OCCOCCN)ccc2CO)[C@H](O)[C@@H](OC(C)=O)[C@@H]1OC(C)=O. The quantitative estimate of drug-likeness (QED) is 0.181. The fourth-order valence-corrected chi connectivity index (χ4v) is 3.27. The van der Waals surface area contributed by atoms with E-state index in [1.54, 1.807) is 6.07 Å². The largest absolute Gasteiger partial charge is 0.491 e. The maximum absolute atomic E-state index is 12.4. The average Bonchev–Trinajstić information content (AvgIpc) is 2.82. The average molecular weight is 501 g/mol. The summed E-state index contributed by atoms with van der Waals surface area (Å²) in [5, 5.41) is 20.6. The lowest BCUT2D eigenvalue weighted by Crippen LogP contribution is -2.63. The Hall–Kier alpha value is -2.97. The van der Waals surface area contributed by atoms with Gasteiger partial charge in [0.1, 0.15) is 18.1 Å². The number of carbonyl (C=O) groups is 3. The van der Waals surface area contributed by atoms with Gasteiger partial charge in [-0.15, -0.1) is 0 Å². The van der Waals surface area contributed by atoms with Crippen molar-refractivity contribution in [2.24, 2.45) is 5.73 Å². The second-order valence-electron chi connectivity index (χ2n) is 7.38. The minimum Gasteiger partial charge on any atom is -0.491 e. The van der Waals surface area contributed by atoms with E-state index in [2.05, 4.69) is 0 Å². The van der Waals surface area contributed by atoms with Gasteiger partial charge in [-0.05, 0) is 12.1 Å². The second kappa shape index (κ2) is 13.8. The zero-order valence-electron chi connectivity index (χ0n) is 19.7. The van der Waals surface area contributed by atoms with E-state index in [9.17, 15) is 24.6 Å². The molecule has 196 valence electrons. The number of carbonyl (C=O) groups excluding carboxylic acids is 3. The van der Waals surface area contributed by atoms with Crippen molar-refractivity contribution < 1.29 is 57.8 Å². The van der Waals surface area contributed by atoms with E-state index in [-0.39, 0.29) is 12.4 Å². The van der Waals surface area contributed by atoms with Crippen LogP contribution >= 0.6 is 0 Å². The lowest BCUT2D eigenvalue weighted by atomic mass is 9.98. The van der Waals surface area contributed by atoms with Crippen LogP contribution in [0, 0.1) is 0 Å². The van der Waals surface area contributed by atoms with Crippen molar-refractivity contribution in [1.29, 1.82) is 0 Å². The van der Waals surface area contributed by atoms with E-state index in [0.717, 1.165) is 21.0 Å². The van der Waals surface area contributed by atoms with Crippen molar-refractivity contribution in [1.82, 2.24) is 0 Å². The fourth-order valence-electron chi connectivity index (χ4n) is 3.27. The molecule has 0 saturated carbocycles. The third-order valence-electron chi connectivity index (χ3n) is 4.77. The third kappa shape index (κ3) is 8.04. The molecule has 1 aromatic rings. The molecule has 2 rings (SSSR count). The van der Waals surface area contributed by atoms with Crippen LogP contribution < -0.4 is 15.2 Å². The summed E-state index contributed by atoms with van der Waals surface area (Å²) in [6.45, 7) is 3.00. The standard InChI is InChI=1S/C22H31NO12/c1-12(25)32-18-17(27)22(35-20(21(28)29-3)19(18)33-13(2)26)34-16-10-15(5-4-14(16)11-24)31-9-8-30-7-6-23/h4-5,10,17-20,22,24,27H,6-9,11,23H2,1-3H3/t17-,18-,19+,20?,22-/m1/s1. The molecule has 13 heteroatoms. The number of hydrogen-bond acceptors (Lipinski definition) is 13. The van der Waals surface area contributed by atoms with Gasteiger partial charge in [-0.1, -0.05) is 0 Å². The summed E-state index contributed by atoms with van der Waals surface area (Å²) >= 11 is 0. The number of benzene rings is 1. The Morgan fingerprint density at radius 2 is 1.74 bits per heavy atom. The second-order valence-corrected chi connectivity index (χ2v) is 7.38. The first-order valence-electron chi connectivity index (χ1n) is 10.8. The Bertz CT molecular complexity index is 863. The molecule has 35 heavy (non-hydrogen) atoms. The van der Waals surface area contributed by atoms with Crippen LogP contribution in [0.4, 0.5) is 0 Å². The summed E-state index contributed by atoms with van der Waals surface area (Å²) in [5.41, 5.74) is 5.67. The first kappa shape index (κ1) is 28.3. The number of nitrogens with two attached hydrogens (primary N) is 1. The van der Waals surface area contributed by atoms with Crippen LogP contribution in [0.15, 0.2) is 18.2 Å². The zero-order chi connectivity index (χ0) is 26.0. The fraction of sp³-hybridized carbons (Fsp3) is 0.591. The summed E-state index contributed by atoms with van der Waals surface area (Å²) in [4.78, 5) is 35.6. The highest BCUT2D eigenvalue weighted by molar-refractivity contribution is 5.77. The van der Waals surface area contributed by atoms with E-state index in [1.165, 1.54) is 12.1 Å². The first-order chi connectivity index (χ1) is 16.7. The van der Waals surface area contributed by atoms with Gasteiger partial charge in [0.15, 0.2) is 24.4 Å². The number of hydrogen-bond donors (Lipinski definition) is 3. The normalized spacial score (nSPS) is 23.8. The first-order valence-corrected chi connectivity index (χ1v) is 10.8. The number of rotatable bonds is 12. The van der Waals surface area contributed by atoms with Gasteiger partial charge in [0, 0.05) is 32.0 Å². The summed E-state index contributed by atoms with van der Waals surface area (Å²) in [7, 11) is 1.08. The molecule has 1 fully saturated rings. The predicted molar refractivity (Wildman–Crippen MR) is 116 cm³/mol. The third-order valence-corrected chi connectivity index (χ3v) is 4.77. The highest BCUT2D eigenvalue weighted by Crippen LogP contribution is 2.32. The molecule has 0 bridgehead atoms. The van der Waals surface area contributed by atoms with Gasteiger partial charge in [0.2, 0.25) is 6.29 Å². The minimum atomic E-state index is -1.69. The Morgan fingerprint density at radius 1 is 1.06 bits per heavy atom. The summed E-state index contributed by atoms with van der Waals surface area (Å²) in [6, 6.07) is 4.56. The van der Waals surface area contributed by atoms with Gasteiger partial charge in [-0.2, -0.15) is 0 Å². The van der Waals surface area contributed by atoms with Crippen LogP contribution in [0.5, 0.6) is 11.5 Å². The molecule has 0 spiro atoms. The lowest BCUT2D eigenvalue weighted by Gasteiger charge is -2.41. The van der Waals surface area contributed by atoms with E-state index in [0.29, 0.717) is 31.1 Å². The topological polar surface area (TPSA) is 182 Å². The van der Waals surface area contributed by atoms with Crippen molar-refractivity contribution >= 4 is 17.9 Å². The molecule has 0 aliphatic carbocycles. The molecular formula is C22H31NO12. The molecule has 1 aliphatic heterocycles. The molecule has 5 atom stereocenters. The number of methoxy groups -OCH3 is 1.